The van der Waals surface area contributed by atoms with Crippen molar-refractivity contribution in [2.45, 2.75) is 31.2 Å². The summed E-state index contributed by atoms with van der Waals surface area (Å²) < 4.78 is 0. The van der Waals surface area contributed by atoms with Crippen LogP contribution in [0.3, 0.4) is 0 Å². The molecule has 12 nitrogen and oxygen atoms in total. The van der Waals surface area contributed by atoms with Crippen LogP contribution in [0.5, 0.6) is 0 Å². The molecular formula is C10H23N3O9. The smallest absolute Gasteiger partial charge is 0.323 e. The zero-order chi connectivity index (χ0) is 18.5. The summed E-state index contributed by atoms with van der Waals surface area (Å²) in [7, 11) is 0. The van der Waals surface area contributed by atoms with E-state index in [-0.39, 0.29) is 0 Å². The molecule has 0 rings (SSSR count). The molecule has 1 unspecified atom stereocenters. The van der Waals surface area contributed by atoms with E-state index in [1.54, 1.807) is 0 Å². The fourth-order valence-corrected chi connectivity index (χ4v) is 0.363. The molecule has 132 valence electrons. The van der Waals surface area contributed by atoms with E-state index in [1.807, 2.05) is 0 Å². The van der Waals surface area contributed by atoms with Crippen molar-refractivity contribution >= 4 is 17.9 Å². The fraction of sp³-hybridized carbons (Fsp3) is 0.700. The van der Waals surface area contributed by atoms with Gasteiger partial charge < -0.3 is 47.8 Å². The number of nitrogens with two attached hydrogens (primary N) is 3. The summed E-state index contributed by atoms with van der Waals surface area (Å²) in [4.78, 5) is 29.1. The number of carboxylic acids is 3. The van der Waals surface area contributed by atoms with Crippen molar-refractivity contribution in [1.82, 2.24) is 0 Å². The third-order valence-corrected chi connectivity index (χ3v) is 1.83. The Kier molecular flexibility index (Phi) is 16.1. The van der Waals surface area contributed by atoms with E-state index in [1.165, 1.54) is 6.92 Å². The molecule has 0 aromatic rings. The van der Waals surface area contributed by atoms with Gasteiger partial charge in [0.25, 0.3) is 0 Å². The van der Waals surface area contributed by atoms with E-state index in [2.05, 4.69) is 0 Å². The second-order valence-corrected chi connectivity index (χ2v) is 3.86. The summed E-state index contributed by atoms with van der Waals surface area (Å²) in [6.45, 7) is 0.323. The van der Waals surface area contributed by atoms with Gasteiger partial charge in [0.1, 0.15) is 18.1 Å². The molecule has 0 bridgehead atoms. The van der Waals surface area contributed by atoms with Crippen LogP contribution in [0.4, 0.5) is 0 Å². The van der Waals surface area contributed by atoms with Crippen LogP contribution in [0.15, 0.2) is 0 Å². The molecule has 0 saturated heterocycles. The molecular weight excluding hydrogens is 306 g/mol. The number of aliphatic hydroxyl groups is 3. The Bertz CT molecular complexity index is 318. The highest BCUT2D eigenvalue weighted by atomic mass is 16.4. The summed E-state index contributed by atoms with van der Waals surface area (Å²) >= 11 is 0. The minimum Gasteiger partial charge on any atom is -0.480 e. The third-order valence-electron chi connectivity index (χ3n) is 1.83. The zero-order valence-corrected chi connectivity index (χ0v) is 11.9. The molecule has 0 heterocycles. The predicted octanol–water partition coefficient (Wildman–Crippen LogP) is -4.44. The van der Waals surface area contributed by atoms with E-state index in [9.17, 15) is 14.4 Å². The van der Waals surface area contributed by atoms with Crippen LogP contribution in [0, 0.1) is 0 Å². The molecule has 0 saturated carbocycles. The lowest BCUT2D eigenvalue weighted by Gasteiger charge is -2.06. The Labute approximate surface area is 125 Å². The Balaban J connectivity index is -0.000000247. The van der Waals surface area contributed by atoms with Crippen molar-refractivity contribution < 1.29 is 45.0 Å². The van der Waals surface area contributed by atoms with Crippen molar-refractivity contribution in [3.63, 3.8) is 0 Å². The average molecular weight is 329 g/mol. The van der Waals surface area contributed by atoms with Gasteiger partial charge in [0.05, 0.1) is 19.3 Å². The lowest BCUT2D eigenvalue weighted by molar-refractivity contribution is -0.141. The monoisotopic (exact) mass is 329 g/mol. The second kappa shape index (κ2) is 14.1. The van der Waals surface area contributed by atoms with Gasteiger partial charge in [0.15, 0.2) is 0 Å². The highest BCUT2D eigenvalue weighted by Crippen LogP contribution is 1.85. The third kappa shape index (κ3) is 16.2. The first kappa shape index (κ1) is 25.1. The highest BCUT2D eigenvalue weighted by Gasteiger charge is 2.16. The normalized spacial score (nSPS) is 14.9. The largest absolute Gasteiger partial charge is 0.480 e. The van der Waals surface area contributed by atoms with Crippen LogP contribution in [0.2, 0.25) is 0 Å². The van der Waals surface area contributed by atoms with Crippen LogP contribution >= 0.6 is 0 Å². The van der Waals surface area contributed by atoms with Gasteiger partial charge in [-0.3, -0.25) is 14.4 Å². The van der Waals surface area contributed by atoms with Gasteiger partial charge in [-0.2, -0.15) is 0 Å². The maximum absolute atomic E-state index is 9.86. The predicted molar refractivity (Wildman–Crippen MR) is 72.7 cm³/mol. The maximum Gasteiger partial charge on any atom is 0.323 e. The molecule has 0 aliphatic carbocycles. The molecule has 0 fully saturated rings. The molecule has 0 aliphatic heterocycles. The molecule has 0 spiro atoms. The van der Waals surface area contributed by atoms with E-state index in [4.69, 9.17) is 47.8 Å². The first-order valence-electron chi connectivity index (χ1n) is 5.77. The summed E-state index contributed by atoms with van der Waals surface area (Å²) in [6.07, 6.45) is -0.979. The van der Waals surface area contributed by atoms with Crippen molar-refractivity contribution in [2.75, 3.05) is 13.2 Å². The van der Waals surface area contributed by atoms with Gasteiger partial charge >= 0.3 is 17.9 Å². The second-order valence-electron chi connectivity index (χ2n) is 3.86. The van der Waals surface area contributed by atoms with E-state index < -0.39 is 55.4 Å². The van der Waals surface area contributed by atoms with Crippen molar-refractivity contribution in [3.05, 3.63) is 0 Å². The lowest BCUT2D eigenvalue weighted by atomic mass is 10.2. The molecule has 4 atom stereocenters. The van der Waals surface area contributed by atoms with E-state index in [0.717, 1.165) is 0 Å². The Hall–Kier alpha value is -1.83. The molecule has 0 aromatic carbocycles. The SMILES string of the molecule is CC(O)[C@H](N)C(=O)O.N[C@@H](CO)C(=O)O.N[C@H](CO)C(=O)O. The summed E-state index contributed by atoms with van der Waals surface area (Å²) in [5, 5.41) is 48.3. The lowest BCUT2D eigenvalue weighted by Crippen LogP contribution is -2.39. The first-order chi connectivity index (χ1) is 9.91. The van der Waals surface area contributed by atoms with Gasteiger partial charge in [-0.15, -0.1) is 0 Å². The Morgan fingerprint density at radius 3 is 1.09 bits per heavy atom. The van der Waals surface area contributed by atoms with Gasteiger partial charge in [0.2, 0.25) is 0 Å². The molecule has 0 aliphatic rings. The van der Waals surface area contributed by atoms with Crippen LogP contribution in [0.25, 0.3) is 0 Å². The molecule has 12 N–H and O–H groups in total. The van der Waals surface area contributed by atoms with Crippen LogP contribution < -0.4 is 17.2 Å². The number of hydrogen-bond donors (Lipinski definition) is 9. The number of aliphatic carboxylic acids is 3. The van der Waals surface area contributed by atoms with Gasteiger partial charge in [-0.05, 0) is 6.92 Å². The van der Waals surface area contributed by atoms with Crippen molar-refractivity contribution in [3.8, 4) is 0 Å². The topological polar surface area (TPSA) is 251 Å². The number of carboxylic acid groups (broad SMARTS) is 3. The summed E-state index contributed by atoms with van der Waals surface area (Å²) in [5.74, 6) is -3.54. The van der Waals surface area contributed by atoms with Crippen LogP contribution in [0.1, 0.15) is 6.92 Å². The maximum atomic E-state index is 9.86. The molecule has 22 heavy (non-hydrogen) atoms. The quantitative estimate of drug-likeness (QED) is 0.224. The molecule has 12 heteroatoms. The fourth-order valence-electron chi connectivity index (χ4n) is 0.363. The minimum atomic E-state index is -1.18. The standard InChI is InChI=1S/C4H9NO3.2C3H7NO3/c1-2(6)3(5)4(7)8;2*4-2(1-5)3(6)7/h2-3,6H,5H2,1H3,(H,7,8);2*2,5H,1,4H2,(H,6,7)/t2?,3-;2*2-/m010/s1. The molecule has 0 amide bonds. The average Bonchev–Trinajstić information content (AvgIpc) is 2.45. The Morgan fingerprint density at radius 1 is 0.818 bits per heavy atom. The van der Waals surface area contributed by atoms with Gasteiger partial charge in [-0.1, -0.05) is 0 Å². The highest BCUT2D eigenvalue weighted by molar-refractivity contribution is 5.74. The van der Waals surface area contributed by atoms with Crippen molar-refractivity contribution in [1.29, 1.82) is 0 Å². The van der Waals surface area contributed by atoms with Crippen LogP contribution in [-0.4, -0.2) is 86.0 Å². The number of rotatable bonds is 6. The first-order valence-corrected chi connectivity index (χ1v) is 5.77. The molecule has 0 aromatic heterocycles. The molecule has 0 radical (unpaired) electrons. The Morgan fingerprint density at radius 2 is 1.09 bits per heavy atom. The van der Waals surface area contributed by atoms with Gasteiger partial charge in [0, 0.05) is 0 Å². The minimum absolute atomic E-state index is 0.505. The van der Waals surface area contributed by atoms with E-state index >= 15 is 0 Å². The number of aliphatic hydroxyl groups excluding tert-OH is 3. The number of carbonyl (C=O) groups is 3. The van der Waals surface area contributed by atoms with Crippen molar-refractivity contribution in [2.24, 2.45) is 17.2 Å². The van der Waals surface area contributed by atoms with E-state index in [0.29, 0.717) is 0 Å². The summed E-state index contributed by atoms with van der Waals surface area (Å²) in [5.41, 5.74) is 14.4. The van der Waals surface area contributed by atoms with Crippen LogP contribution in [-0.2, 0) is 14.4 Å². The van der Waals surface area contributed by atoms with Gasteiger partial charge in [-0.25, -0.2) is 0 Å². The zero-order valence-electron chi connectivity index (χ0n) is 11.9. The number of hydrogen-bond acceptors (Lipinski definition) is 9. The summed E-state index contributed by atoms with van der Waals surface area (Å²) in [6, 6.07) is -3.41.